The third-order valence-corrected chi connectivity index (χ3v) is 5.53. The molecule has 0 radical (unpaired) electrons. The van der Waals surface area contributed by atoms with Crippen LogP contribution in [0.15, 0.2) is 65.6 Å². The highest BCUT2D eigenvalue weighted by Gasteiger charge is 2.33. The molecule has 8 heteroatoms. The van der Waals surface area contributed by atoms with Crippen molar-refractivity contribution < 1.29 is 4.74 Å². The normalized spacial score (nSPS) is 21.2. The molecule has 1 saturated heterocycles. The minimum atomic E-state index is -0.981. The number of nitrogens with two attached hydrogens (primary N) is 1. The van der Waals surface area contributed by atoms with Crippen molar-refractivity contribution >= 4 is 11.8 Å². The zero-order chi connectivity index (χ0) is 21.8. The molecule has 0 aliphatic carbocycles. The molecule has 0 amide bonds. The fraction of sp³-hybridized carbons (Fsp3) is 0.391. The van der Waals surface area contributed by atoms with Crippen molar-refractivity contribution in [3.05, 3.63) is 66.1 Å². The first-order valence-corrected chi connectivity index (χ1v) is 10.7. The van der Waals surface area contributed by atoms with Crippen LogP contribution in [0.1, 0.15) is 12.5 Å². The number of nitrogens with zero attached hydrogens (tertiary/aromatic N) is 5. The molecular formula is C23H31N7O. The average Bonchev–Trinajstić information content (AvgIpc) is 2.80. The number of rotatable bonds is 5. The van der Waals surface area contributed by atoms with E-state index in [-0.39, 0.29) is 0 Å². The molecular weight excluding hydrogens is 390 g/mol. The van der Waals surface area contributed by atoms with E-state index in [1.807, 2.05) is 74.6 Å². The van der Waals surface area contributed by atoms with Crippen LogP contribution in [-0.2, 0) is 5.66 Å². The van der Waals surface area contributed by atoms with Gasteiger partial charge in [-0.1, -0.05) is 18.2 Å². The molecule has 1 aromatic heterocycles. The molecule has 8 nitrogen and oxygen atoms in total. The molecule has 1 atom stereocenters. The van der Waals surface area contributed by atoms with E-state index in [0.29, 0.717) is 6.61 Å². The van der Waals surface area contributed by atoms with Gasteiger partial charge < -0.3 is 24.8 Å². The first-order valence-electron chi connectivity index (χ1n) is 10.7. The van der Waals surface area contributed by atoms with Gasteiger partial charge in [0.2, 0.25) is 5.96 Å². The molecule has 0 bridgehead atoms. The van der Waals surface area contributed by atoms with Crippen LogP contribution in [0.2, 0.25) is 0 Å². The number of guanidine groups is 1. The lowest BCUT2D eigenvalue weighted by Gasteiger charge is -2.41. The Kier molecular flexibility index (Phi) is 5.99. The lowest BCUT2D eigenvalue weighted by molar-refractivity contribution is 0.338. The van der Waals surface area contributed by atoms with E-state index in [2.05, 4.69) is 26.2 Å². The van der Waals surface area contributed by atoms with Gasteiger partial charge in [0.15, 0.2) is 5.66 Å². The summed E-state index contributed by atoms with van der Waals surface area (Å²) in [5, 5.41) is 3.46. The third-order valence-electron chi connectivity index (χ3n) is 5.53. The standard InChI is InChI=1S/C23H31N7O/c1-4-31-19-9-7-8-18(16-19)23(24)17-21(28(2)3)26-22(27-23)30-14-12-29(13-15-30)20-10-5-6-11-25-20/h5-11,16-17H,4,12-15,24H2,1-3H3,(H,26,27). The maximum Gasteiger partial charge on any atom is 0.202 e. The fourth-order valence-electron chi connectivity index (χ4n) is 3.82. The van der Waals surface area contributed by atoms with E-state index in [4.69, 9.17) is 15.5 Å². The van der Waals surface area contributed by atoms with Crippen molar-refractivity contribution in [2.75, 3.05) is 51.8 Å². The second-order valence-corrected chi connectivity index (χ2v) is 7.93. The molecule has 2 aliphatic rings. The van der Waals surface area contributed by atoms with Crippen LogP contribution in [0.4, 0.5) is 5.82 Å². The van der Waals surface area contributed by atoms with Crippen molar-refractivity contribution in [2.45, 2.75) is 12.6 Å². The van der Waals surface area contributed by atoms with Crippen molar-refractivity contribution in [3.8, 4) is 5.75 Å². The van der Waals surface area contributed by atoms with Gasteiger partial charge in [0, 0.05) is 58.1 Å². The summed E-state index contributed by atoms with van der Waals surface area (Å²) in [6.45, 7) is 5.99. The molecule has 1 unspecified atom stereocenters. The van der Waals surface area contributed by atoms with Gasteiger partial charge in [0.1, 0.15) is 17.4 Å². The van der Waals surface area contributed by atoms with Crippen LogP contribution in [0, 0.1) is 0 Å². The number of benzene rings is 1. The van der Waals surface area contributed by atoms with E-state index < -0.39 is 5.66 Å². The van der Waals surface area contributed by atoms with Gasteiger partial charge in [-0.3, -0.25) is 5.73 Å². The largest absolute Gasteiger partial charge is 0.494 e. The topological polar surface area (TPSA) is 82.3 Å². The number of hydrogen-bond donors (Lipinski definition) is 2. The Balaban J connectivity index is 1.58. The average molecular weight is 422 g/mol. The highest BCUT2D eigenvalue weighted by Crippen LogP contribution is 2.29. The summed E-state index contributed by atoms with van der Waals surface area (Å²) in [6, 6.07) is 13.9. The molecule has 3 heterocycles. The quantitative estimate of drug-likeness (QED) is 0.761. The second-order valence-electron chi connectivity index (χ2n) is 7.93. The van der Waals surface area contributed by atoms with Crippen LogP contribution in [0.25, 0.3) is 0 Å². The monoisotopic (exact) mass is 421 g/mol. The highest BCUT2D eigenvalue weighted by molar-refractivity contribution is 5.83. The third kappa shape index (κ3) is 4.59. The summed E-state index contributed by atoms with van der Waals surface area (Å²) in [7, 11) is 4.00. The molecule has 2 aliphatic heterocycles. The Morgan fingerprint density at radius 2 is 1.87 bits per heavy atom. The SMILES string of the molecule is CCOc1cccc(C2(N)C=C(N(C)C)NC(N3CCN(c4ccccn4)CC3)=N2)c1. The molecule has 3 N–H and O–H groups in total. The van der Waals surface area contributed by atoms with Gasteiger partial charge in [-0.25, -0.2) is 9.98 Å². The number of pyridine rings is 1. The number of ether oxygens (including phenoxy) is 1. The van der Waals surface area contributed by atoms with Crippen LogP contribution in [0.5, 0.6) is 5.75 Å². The van der Waals surface area contributed by atoms with Gasteiger partial charge in [-0.15, -0.1) is 0 Å². The second kappa shape index (κ2) is 8.85. The van der Waals surface area contributed by atoms with Crippen molar-refractivity contribution in [1.29, 1.82) is 0 Å². The van der Waals surface area contributed by atoms with E-state index >= 15 is 0 Å². The van der Waals surface area contributed by atoms with Crippen molar-refractivity contribution in [3.63, 3.8) is 0 Å². The Morgan fingerprint density at radius 3 is 2.55 bits per heavy atom. The molecule has 1 fully saturated rings. The van der Waals surface area contributed by atoms with Gasteiger partial charge in [-0.05, 0) is 31.2 Å². The summed E-state index contributed by atoms with van der Waals surface area (Å²) >= 11 is 0. The summed E-state index contributed by atoms with van der Waals surface area (Å²) in [5.41, 5.74) is 6.77. The predicted molar refractivity (Wildman–Crippen MR) is 124 cm³/mol. The van der Waals surface area contributed by atoms with Gasteiger partial charge >= 0.3 is 0 Å². The minimum absolute atomic E-state index is 0.608. The molecule has 1 aromatic carbocycles. The van der Waals surface area contributed by atoms with Crippen LogP contribution in [0.3, 0.4) is 0 Å². The Hall–Kier alpha value is -3.26. The number of piperazine rings is 1. The van der Waals surface area contributed by atoms with Crippen molar-refractivity contribution in [2.24, 2.45) is 10.7 Å². The first-order chi connectivity index (χ1) is 15.0. The molecule has 4 rings (SSSR count). The summed E-state index contributed by atoms with van der Waals surface area (Å²) in [5.74, 6) is 3.51. The van der Waals surface area contributed by atoms with E-state index in [1.54, 1.807) is 0 Å². The lowest BCUT2D eigenvalue weighted by Crippen LogP contribution is -2.56. The van der Waals surface area contributed by atoms with Crippen LogP contribution < -0.4 is 20.7 Å². The van der Waals surface area contributed by atoms with E-state index in [0.717, 1.165) is 55.1 Å². The Morgan fingerprint density at radius 1 is 1.10 bits per heavy atom. The number of aliphatic imine (C=N–C) groups is 1. The number of aromatic nitrogens is 1. The molecule has 31 heavy (non-hydrogen) atoms. The smallest absolute Gasteiger partial charge is 0.202 e. The maximum atomic E-state index is 6.86. The summed E-state index contributed by atoms with van der Waals surface area (Å²) in [4.78, 5) is 16.0. The van der Waals surface area contributed by atoms with Crippen LogP contribution in [-0.4, -0.2) is 67.6 Å². The Labute approximate surface area is 184 Å². The molecule has 0 spiro atoms. The predicted octanol–water partition coefficient (Wildman–Crippen LogP) is 1.78. The fourth-order valence-corrected chi connectivity index (χ4v) is 3.82. The van der Waals surface area contributed by atoms with E-state index in [9.17, 15) is 0 Å². The zero-order valence-corrected chi connectivity index (χ0v) is 18.5. The number of nitrogens with one attached hydrogen (secondary N) is 1. The van der Waals surface area contributed by atoms with Crippen LogP contribution >= 0.6 is 0 Å². The lowest BCUT2D eigenvalue weighted by atomic mass is 9.99. The summed E-state index contributed by atoms with van der Waals surface area (Å²) in [6.07, 6.45) is 3.80. The highest BCUT2D eigenvalue weighted by atomic mass is 16.5. The molecule has 2 aromatic rings. The zero-order valence-electron chi connectivity index (χ0n) is 18.5. The number of hydrogen-bond acceptors (Lipinski definition) is 8. The van der Waals surface area contributed by atoms with Gasteiger partial charge in [-0.2, -0.15) is 0 Å². The molecule has 164 valence electrons. The molecule has 0 saturated carbocycles. The minimum Gasteiger partial charge on any atom is -0.494 e. The summed E-state index contributed by atoms with van der Waals surface area (Å²) < 4.78 is 5.68. The van der Waals surface area contributed by atoms with Gasteiger partial charge in [0.05, 0.1) is 6.61 Å². The first kappa shape index (κ1) is 21.0. The van der Waals surface area contributed by atoms with Crippen molar-refractivity contribution in [1.82, 2.24) is 20.1 Å². The maximum absolute atomic E-state index is 6.86. The van der Waals surface area contributed by atoms with E-state index in [1.165, 1.54) is 0 Å². The Bertz CT molecular complexity index is 951. The number of anilines is 1. The van der Waals surface area contributed by atoms with Gasteiger partial charge in [0.25, 0.3) is 0 Å².